The van der Waals surface area contributed by atoms with Crippen LogP contribution in [0, 0.1) is 0 Å². The number of aromatic nitrogens is 1. The lowest BCUT2D eigenvalue weighted by Gasteiger charge is -2.15. The van der Waals surface area contributed by atoms with Gasteiger partial charge in [0.1, 0.15) is 5.82 Å². The predicted octanol–water partition coefficient (Wildman–Crippen LogP) is 2.65. The van der Waals surface area contributed by atoms with E-state index in [1.165, 1.54) is 0 Å². The molecule has 2 N–H and O–H groups in total. The molecule has 1 aromatic heterocycles. The third-order valence-electron chi connectivity index (χ3n) is 2.30. The predicted molar refractivity (Wildman–Crippen MR) is 68.2 cm³/mol. The Morgan fingerprint density at radius 1 is 1.33 bits per heavy atom. The molecule has 0 bridgehead atoms. The lowest BCUT2D eigenvalue weighted by molar-refractivity contribution is 1.08. The second kappa shape index (κ2) is 3.70. The smallest absolute Gasteiger partial charge is 0.138 e. The molecule has 78 valence electrons. The maximum absolute atomic E-state index is 5.98. The Labute approximate surface area is 97.0 Å². The van der Waals surface area contributed by atoms with Crippen molar-refractivity contribution in [2.24, 2.45) is 0 Å². The Morgan fingerprint density at radius 3 is 2.73 bits per heavy atom. The average Bonchev–Trinajstić information content (AvgIpc) is 2.19. The molecule has 0 spiro atoms. The lowest BCUT2D eigenvalue weighted by atomic mass is 10.1. The molecule has 0 aliphatic heterocycles. The fourth-order valence-electron chi connectivity index (χ4n) is 1.61. The number of nitrogens with zero attached hydrogens (tertiary/aromatic N) is 2. The maximum Gasteiger partial charge on any atom is 0.138 e. The van der Waals surface area contributed by atoms with Gasteiger partial charge in [-0.15, -0.1) is 0 Å². The van der Waals surface area contributed by atoms with Crippen LogP contribution in [0.4, 0.5) is 11.5 Å². The minimum absolute atomic E-state index is 0.755. The highest BCUT2D eigenvalue weighted by Gasteiger charge is 2.09. The first-order chi connectivity index (χ1) is 7.11. The van der Waals surface area contributed by atoms with E-state index in [4.69, 9.17) is 5.73 Å². The van der Waals surface area contributed by atoms with Crippen LogP contribution in [-0.4, -0.2) is 19.1 Å². The first-order valence-corrected chi connectivity index (χ1v) is 5.40. The number of hydrogen-bond donors (Lipinski definition) is 1. The number of hydrogen-bond acceptors (Lipinski definition) is 3. The number of benzene rings is 1. The van der Waals surface area contributed by atoms with Crippen LogP contribution in [-0.2, 0) is 0 Å². The SMILES string of the molecule is CN(C)c1ncc(Br)c2cccc(N)c12. The molecule has 0 fully saturated rings. The molecule has 0 unspecified atom stereocenters. The topological polar surface area (TPSA) is 42.2 Å². The number of nitrogen functional groups attached to an aromatic ring is 1. The summed E-state index contributed by atoms with van der Waals surface area (Å²) in [6.45, 7) is 0. The molecule has 0 aliphatic carbocycles. The quantitative estimate of drug-likeness (QED) is 0.807. The van der Waals surface area contributed by atoms with Crippen molar-refractivity contribution in [3.8, 4) is 0 Å². The van der Waals surface area contributed by atoms with Gasteiger partial charge >= 0.3 is 0 Å². The van der Waals surface area contributed by atoms with Crippen LogP contribution in [0.5, 0.6) is 0 Å². The van der Waals surface area contributed by atoms with Gasteiger partial charge in [0, 0.05) is 41.2 Å². The number of rotatable bonds is 1. The number of anilines is 2. The van der Waals surface area contributed by atoms with E-state index < -0.39 is 0 Å². The summed E-state index contributed by atoms with van der Waals surface area (Å²) in [5.74, 6) is 0.895. The van der Waals surface area contributed by atoms with Crippen molar-refractivity contribution in [1.82, 2.24) is 4.98 Å². The van der Waals surface area contributed by atoms with Crippen LogP contribution in [0.15, 0.2) is 28.9 Å². The van der Waals surface area contributed by atoms with Crippen molar-refractivity contribution in [1.29, 1.82) is 0 Å². The summed E-state index contributed by atoms with van der Waals surface area (Å²) in [6.07, 6.45) is 1.80. The van der Waals surface area contributed by atoms with E-state index in [0.29, 0.717) is 0 Å². The Morgan fingerprint density at radius 2 is 2.07 bits per heavy atom. The molecule has 1 heterocycles. The average molecular weight is 266 g/mol. The van der Waals surface area contributed by atoms with Crippen molar-refractivity contribution < 1.29 is 0 Å². The van der Waals surface area contributed by atoms with Crippen molar-refractivity contribution in [3.63, 3.8) is 0 Å². The van der Waals surface area contributed by atoms with E-state index in [1.807, 2.05) is 37.2 Å². The van der Waals surface area contributed by atoms with Crippen molar-refractivity contribution >= 4 is 38.2 Å². The summed E-state index contributed by atoms with van der Waals surface area (Å²) in [6, 6.07) is 5.87. The van der Waals surface area contributed by atoms with E-state index >= 15 is 0 Å². The van der Waals surface area contributed by atoms with Crippen LogP contribution in [0.2, 0.25) is 0 Å². The minimum atomic E-state index is 0.755. The molecule has 0 aliphatic rings. The van der Waals surface area contributed by atoms with Crippen LogP contribution < -0.4 is 10.6 Å². The highest BCUT2D eigenvalue weighted by molar-refractivity contribution is 9.10. The van der Waals surface area contributed by atoms with Gasteiger partial charge < -0.3 is 10.6 Å². The van der Waals surface area contributed by atoms with Gasteiger partial charge in [0.15, 0.2) is 0 Å². The molecule has 2 rings (SSSR count). The Bertz CT molecular complexity index is 508. The molecule has 0 saturated heterocycles. The molecular weight excluding hydrogens is 254 g/mol. The first kappa shape index (κ1) is 10.2. The standard InChI is InChI=1S/C11H12BrN3/c1-15(2)11-10-7(8(12)6-14-11)4-3-5-9(10)13/h3-6H,13H2,1-2H3. The van der Waals surface area contributed by atoms with Gasteiger partial charge in [0.2, 0.25) is 0 Å². The minimum Gasteiger partial charge on any atom is -0.398 e. The Kier molecular flexibility index (Phi) is 2.52. The van der Waals surface area contributed by atoms with E-state index in [-0.39, 0.29) is 0 Å². The fraction of sp³-hybridized carbons (Fsp3) is 0.182. The van der Waals surface area contributed by atoms with Crippen LogP contribution in [0.1, 0.15) is 0 Å². The van der Waals surface area contributed by atoms with Gasteiger partial charge in [-0.25, -0.2) is 4.98 Å². The maximum atomic E-state index is 5.98. The zero-order chi connectivity index (χ0) is 11.0. The number of fused-ring (bicyclic) bond motifs is 1. The summed E-state index contributed by atoms with van der Waals surface area (Å²) in [4.78, 5) is 6.33. The van der Waals surface area contributed by atoms with E-state index in [9.17, 15) is 0 Å². The summed E-state index contributed by atoms with van der Waals surface area (Å²) >= 11 is 3.48. The second-order valence-electron chi connectivity index (χ2n) is 3.59. The van der Waals surface area contributed by atoms with Crippen LogP contribution >= 0.6 is 15.9 Å². The zero-order valence-corrected chi connectivity index (χ0v) is 10.2. The molecule has 15 heavy (non-hydrogen) atoms. The molecule has 4 heteroatoms. The zero-order valence-electron chi connectivity index (χ0n) is 8.66. The normalized spacial score (nSPS) is 10.6. The van der Waals surface area contributed by atoms with Gasteiger partial charge in [-0.05, 0) is 22.0 Å². The molecule has 2 aromatic rings. The lowest BCUT2D eigenvalue weighted by Crippen LogP contribution is -2.11. The van der Waals surface area contributed by atoms with Gasteiger partial charge in [0.05, 0.1) is 0 Å². The number of pyridine rings is 1. The monoisotopic (exact) mass is 265 g/mol. The molecule has 0 saturated carbocycles. The number of halogens is 1. The van der Waals surface area contributed by atoms with Gasteiger partial charge in [-0.2, -0.15) is 0 Å². The van der Waals surface area contributed by atoms with E-state index in [2.05, 4.69) is 20.9 Å². The number of nitrogens with two attached hydrogens (primary N) is 1. The van der Waals surface area contributed by atoms with Gasteiger partial charge in [-0.3, -0.25) is 0 Å². The van der Waals surface area contributed by atoms with Gasteiger partial charge in [-0.1, -0.05) is 12.1 Å². The fourth-order valence-corrected chi connectivity index (χ4v) is 2.04. The third-order valence-corrected chi connectivity index (χ3v) is 2.93. The van der Waals surface area contributed by atoms with Crippen molar-refractivity contribution in [2.75, 3.05) is 24.7 Å². The summed E-state index contributed by atoms with van der Waals surface area (Å²) < 4.78 is 0.968. The Balaban J connectivity index is 2.90. The molecule has 0 radical (unpaired) electrons. The molecule has 1 aromatic carbocycles. The van der Waals surface area contributed by atoms with E-state index in [1.54, 1.807) is 6.20 Å². The summed E-state index contributed by atoms with van der Waals surface area (Å²) in [7, 11) is 3.92. The van der Waals surface area contributed by atoms with Crippen molar-refractivity contribution in [3.05, 3.63) is 28.9 Å². The first-order valence-electron chi connectivity index (χ1n) is 4.61. The largest absolute Gasteiger partial charge is 0.398 e. The molecule has 0 amide bonds. The van der Waals surface area contributed by atoms with Crippen molar-refractivity contribution in [2.45, 2.75) is 0 Å². The summed E-state index contributed by atoms with van der Waals surface area (Å²) in [5.41, 5.74) is 6.73. The highest BCUT2D eigenvalue weighted by Crippen LogP contribution is 2.33. The molecule has 3 nitrogen and oxygen atoms in total. The highest BCUT2D eigenvalue weighted by atomic mass is 79.9. The molecular formula is C11H12BrN3. The van der Waals surface area contributed by atoms with Crippen LogP contribution in [0.25, 0.3) is 10.8 Å². The second-order valence-corrected chi connectivity index (χ2v) is 4.45. The van der Waals surface area contributed by atoms with E-state index in [0.717, 1.165) is 26.8 Å². The summed E-state index contributed by atoms with van der Waals surface area (Å²) in [5, 5.41) is 2.09. The third kappa shape index (κ3) is 1.65. The Hall–Kier alpha value is -1.29. The van der Waals surface area contributed by atoms with Crippen LogP contribution in [0.3, 0.4) is 0 Å². The van der Waals surface area contributed by atoms with Gasteiger partial charge in [0.25, 0.3) is 0 Å². The molecule has 0 atom stereocenters.